The molecule has 2 aliphatic heterocycles. The highest BCUT2D eigenvalue weighted by Gasteiger charge is 2.44. The molecule has 3 unspecified atom stereocenters. The van der Waals surface area contributed by atoms with Crippen LogP contribution in [0.3, 0.4) is 0 Å². The second-order valence-electron chi connectivity index (χ2n) is 6.31. The first-order valence-electron chi connectivity index (χ1n) is 7.46. The summed E-state index contributed by atoms with van der Waals surface area (Å²) >= 11 is 0. The quantitative estimate of drug-likeness (QED) is 0.835. The SMILES string of the molecule is O=C(O)C1CCCN(S(=O)(=O)N2CC3CCCC3C2)C1. The summed E-state index contributed by atoms with van der Waals surface area (Å²) in [5.74, 6) is -0.404. The third kappa shape index (κ3) is 2.46. The predicted molar refractivity (Wildman–Crippen MR) is 73.3 cm³/mol. The molecule has 20 heavy (non-hydrogen) atoms. The van der Waals surface area contributed by atoms with Gasteiger partial charge in [0.25, 0.3) is 10.2 Å². The molecule has 2 saturated heterocycles. The Kier molecular flexibility index (Phi) is 3.77. The third-order valence-electron chi connectivity index (χ3n) is 5.08. The Balaban J connectivity index is 1.70. The molecule has 7 heteroatoms. The fraction of sp³-hybridized carbons (Fsp3) is 0.923. The van der Waals surface area contributed by atoms with Gasteiger partial charge in [-0.3, -0.25) is 4.79 Å². The molecular weight excluding hydrogens is 280 g/mol. The fourth-order valence-electron chi connectivity index (χ4n) is 3.90. The summed E-state index contributed by atoms with van der Waals surface area (Å²) < 4.78 is 28.3. The van der Waals surface area contributed by atoms with E-state index < -0.39 is 22.1 Å². The summed E-state index contributed by atoms with van der Waals surface area (Å²) in [6.45, 7) is 1.84. The van der Waals surface area contributed by atoms with Crippen LogP contribution in [0.25, 0.3) is 0 Å². The van der Waals surface area contributed by atoms with Gasteiger partial charge in [-0.05, 0) is 37.5 Å². The molecule has 0 amide bonds. The van der Waals surface area contributed by atoms with Gasteiger partial charge in [-0.1, -0.05) is 6.42 Å². The molecule has 0 spiro atoms. The number of hydrogen-bond donors (Lipinski definition) is 1. The van der Waals surface area contributed by atoms with Gasteiger partial charge >= 0.3 is 5.97 Å². The number of fused-ring (bicyclic) bond motifs is 1. The Hall–Kier alpha value is -0.660. The van der Waals surface area contributed by atoms with Gasteiger partial charge in [0.05, 0.1) is 5.92 Å². The number of carboxylic acids is 1. The maximum absolute atomic E-state index is 12.6. The molecule has 1 aliphatic carbocycles. The van der Waals surface area contributed by atoms with Crippen LogP contribution in [0, 0.1) is 17.8 Å². The summed E-state index contributed by atoms with van der Waals surface area (Å²) in [6.07, 6.45) is 4.69. The minimum Gasteiger partial charge on any atom is -0.481 e. The molecule has 3 rings (SSSR count). The van der Waals surface area contributed by atoms with Crippen LogP contribution < -0.4 is 0 Å². The van der Waals surface area contributed by atoms with Gasteiger partial charge in [0.1, 0.15) is 0 Å². The van der Waals surface area contributed by atoms with E-state index in [0.717, 1.165) is 12.8 Å². The highest BCUT2D eigenvalue weighted by atomic mass is 32.2. The number of carboxylic acid groups (broad SMARTS) is 1. The lowest BCUT2D eigenvalue weighted by atomic mass is 10.0. The molecule has 2 heterocycles. The number of nitrogens with zero attached hydrogens (tertiary/aromatic N) is 2. The summed E-state index contributed by atoms with van der Waals surface area (Å²) in [4.78, 5) is 11.1. The molecule has 0 aromatic carbocycles. The Morgan fingerprint density at radius 1 is 0.950 bits per heavy atom. The highest BCUT2D eigenvalue weighted by molar-refractivity contribution is 7.86. The van der Waals surface area contributed by atoms with Crippen LogP contribution in [0.5, 0.6) is 0 Å². The van der Waals surface area contributed by atoms with Gasteiger partial charge in [0, 0.05) is 26.2 Å². The van der Waals surface area contributed by atoms with E-state index in [9.17, 15) is 13.2 Å². The van der Waals surface area contributed by atoms with Crippen LogP contribution >= 0.6 is 0 Å². The molecule has 0 aromatic heterocycles. The average molecular weight is 302 g/mol. The second-order valence-corrected chi connectivity index (χ2v) is 8.24. The van der Waals surface area contributed by atoms with Gasteiger partial charge < -0.3 is 5.11 Å². The van der Waals surface area contributed by atoms with Crippen molar-refractivity contribution in [3.8, 4) is 0 Å². The zero-order chi connectivity index (χ0) is 14.3. The van der Waals surface area contributed by atoms with Crippen LogP contribution in [0.2, 0.25) is 0 Å². The van der Waals surface area contributed by atoms with Crippen molar-refractivity contribution < 1.29 is 18.3 Å². The highest BCUT2D eigenvalue weighted by Crippen LogP contribution is 2.39. The first-order chi connectivity index (χ1) is 9.48. The lowest BCUT2D eigenvalue weighted by Gasteiger charge is -2.33. The minimum absolute atomic E-state index is 0.128. The Bertz CT molecular complexity index is 481. The second kappa shape index (κ2) is 5.27. The third-order valence-corrected chi connectivity index (χ3v) is 7.01. The maximum atomic E-state index is 12.6. The van der Waals surface area contributed by atoms with Crippen molar-refractivity contribution in [1.82, 2.24) is 8.61 Å². The molecule has 3 aliphatic rings. The molecular formula is C13H22N2O4S. The van der Waals surface area contributed by atoms with E-state index in [4.69, 9.17) is 5.11 Å². The topological polar surface area (TPSA) is 77.9 Å². The van der Waals surface area contributed by atoms with E-state index in [-0.39, 0.29) is 6.54 Å². The van der Waals surface area contributed by atoms with E-state index in [1.165, 1.54) is 10.7 Å². The Morgan fingerprint density at radius 2 is 1.60 bits per heavy atom. The van der Waals surface area contributed by atoms with Crippen LogP contribution in [-0.4, -0.2) is 54.3 Å². The standard InChI is InChI=1S/C13H22N2O4S/c16-13(17)12-5-2-6-14(9-12)20(18,19)15-7-10-3-1-4-11(10)8-15/h10-12H,1-9H2,(H,16,17). The van der Waals surface area contributed by atoms with Gasteiger partial charge in [-0.15, -0.1) is 0 Å². The fourth-order valence-corrected chi connectivity index (χ4v) is 5.71. The van der Waals surface area contributed by atoms with E-state index in [1.807, 2.05) is 0 Å². The van der Waals surface area contributed by atoms with Crippen LogP contribution in [0.15, 0.2) is 0 Å². The first kappa shape index (κ1) is 14.3. The summed E-state index contributed by atoms with van der Waals surface area (Å²) in [5, 5.41) is 9.08. The van der Waals surface area contributed by atoms with Crippen molar-refractivity contribution in [3.05, 3.63) is 0 Å². The molecule has 3 fully saturated rings. The van der Waals surface area contributed by atoms with Crippen LogP contribution in [0.4, 0.5) is 0 Å². The van der Waals surface area contributed by atoms with Crippen molar-refractivity contribution in [1.29, 1.82) is 0 Å². The Morgan fingerprint density at radius 3 is 2.20 bits per heavy atom. The number of hydrogen-bond acceptors (Lipinski definition) is 3. The predicted octanol–water partition coefficient (Wildman–Crippen LogP) is 0.760. The number of piperidine rings is 1. The number of aliphatic carboxylic acids is 1. The zero-order valence-corrected chi connectivity index (χ0v) is 12.4. The molecule has 3 atom stereocenters. The van der Waals surface area contributed by atoms with Crippen molar-refractivity contribution in [3.63, 3.8) is 0 Å². The summed E-state index contributed by atoms with van der Waals surface area (Å²) in [7, 11) is -3.47. The average Bonchev–Trinajstić information content (AvgIpc) is 2.99. The summed E-state index contributed by atoms with van der Waals surface area (Å²) in [5.41, 5.74) is 0. The van der Waals surface area contributed by atoms with Crippen molar-refractivity contribution >= 4 is 16.2 Å². The molecule has 0 aromatic rings. The molecule has 1 saturated carbocycles. The lowest BCUT2D eigenvalue weighted by molar-refractivity contribution is -0.142. The van der Waals surface area contributed by atoms with Crippen LogP contribution in [0.1, 0.15) is 32.1 Å². The van der Waals surface area contributed by atoms with E-state index in [0.29, 0.717) is 44.3 Å². The largest absolute Gasteiger partial charge is 0.481 e. The first-order valence-corrected chi connectivity index (χ1v) is 8.86. The van der Waals surface area contributed by atoms with Crippen LogP contribution in [-0.2, 0) is 15.0 Å². The van der Waals surface area contributed by atoms with E-state index in [2.05, 4.69) is 0 Å². The van der Waals surface area contributed by atoms with Gasteiger partial charge in [-0.25, -0.2) is 0 Å². The summed E-state index contributed by atoms with van der Waals surface area (Å²) in [6, 6.07) is 0. The maximum Gasteiger partial charge on any atom is 0.307 e. The zero-order valence-electron chi connectivity index (χ0n) is 11.6. The van der Waals surface area contributed by atoms with E-state index >= 15 is 0 Å². The molecule has 0 bridgehead atoms. The smallest absolute Gasteiger partial charge is 0.307 e. The molecule has 1 N–H and O–H groups in total. The van der Waals surface area contributed by atoms with Crippen molar-refractivity contribution in [2.45, 2.75) is 32.1 Å². The molecule has 6 nitrogen and oxygen atoms in total. The number of rotatable bonds is 3. The molecule has 114 valence electrons. The monoisotopic (exact) mass is 302 g/mol. The minimum atomic E-state index is -3.47. The Labute approximate surface area is 119 Å². The van der Waals surface area contributed by atoms with Crippen molar-refractivity contribution in [2.24, 2.45) is 17.8 Å². The molecule has 0 radical (unpaired) electrons. The van der Waals surface area contributed by atoms with Gasteiger partial charge in [0.2, 0.25) is 0 Å². The normalized spacial score (nSPS) is 36.1. The van der Waals surface area contributed by atoms with Crippen molar-refractivity contribution in [2.75, 3.05) is 26.2 Å². The lowest BCUT2D eigenvalue weighted by Crippen LogP contribution is -2.48. The number of carbonyl (C=O) groups is 1. The van der Waals surface area contributed by atoms with E-state index in [1.54, 1.807) is 4.31 Å². The van der Waals surface area contributed by atoms with Gasteiger partial charge in [0.15, 0.2) is 0 Å². The van der Waals surface area contributed by atoms with Gasteiger partial charge in [-0.2, -0.15) is 17.0 Å².